The van der Waals surface area contributed by atoms with Crippen LogP contribution in [-0.4, -0.2) is 74.1 Å². The highest BCUT2D eigenvalue weighted by molar-refractivity contribution is 5.95. The fourth-order valence-electron chi connectivity index (χ4n) is 3.85. The van der Waals surface area contributed by atoms with Crippen molar-refractivity contribution in [3.63, 3.8) is 0 Å². The second-order valence-corrected chi connectivity index (χ2v) is 7.95. The number of likely N-dealkylation sites (tertiary alicyclic amines) is 1. The van der Waals surface area contributed by atoms with Crippen LogP contribution in [0.4, 0.5) is 0 Å². The summed E-state index contributed by atoms with van der Waals surface area (Å²) in [5, 5.41) is 2.99. The number of carbonyl (C=O) groups excluding carboxylic acids is 2. The number of hydrogen-bond acceptors (Lipinski definition) is 5. The Morgan fingerprint density at radius 3 is 2.76 bits per heavy atom. The van der Waals surface area contributed by atoms with E-state index < -0.39 is 0 Å². The molecular weight excluding hydrogens is 370 g/mol. The standard InChI is InChI=1S/C22H37N3O4/c1-17-8-5-6-11-24(17)12-7-10-23-21(26)9-13-25(14-15-28-4)22(27)20-16-18(2)29-19(20)3/h16-17H,5-15H2,1-4H3,(H,23,26). The normalized spacial score (nSPS) is 17.3. The van der Waals surface area contributed by atoms with Gasteiger partial charge >= 0.3 is 0 Å². The minimum Gasteiger partial charge on any atom is -0.466 e. The van der Waals surface area contributed by atoms with Crippen molar-refractivity contribution in [3.8, 4) is 0 Å². The molecular formula is C22H37N3O4. The fraction of sp³-hybridized carbons (Fsp3) is 0.727. The SMILES string of the molecule is COCCN(CCC(=O)NCCCN1CCCCC1C)C(=O)c1cc(C)oc1C. The maximum absolute atomic E-state index is 12.8. The Morgan fingerprint density at radius 1 is 1.31 bits per heavy atom. The van der Waals surface area contributed by atoms with Crippen molar-refractivity contribution in [1.82, 2.24) is 15.1 Å². The molecule has 1 aromatic rings. The Labute approximate surface area is 174 Å². The molecule has 7 nitrogen and oxygen atoms in total. The molecule has 0 saturated carbocycles. The van der Waals surface area contributed by atoms with Gasteiger partial charge in [-0.05, 0) is 52.6 Å². The van der Waals surface area contributed by atoms with E-state index in [2.05, 4.69) is 17.1 Å². The molecule has 1 aliphatic rings. The summed E-state index contributed by atoms with van der Waals surface area (Å²) in [6, 6.07) is 2.40. The van der Waals surface area contributed by atoms with Gasteiger partial charge in [-0.2, -0.15) is 0 Å². The van der Waals surface area contributed by atoms with Crippen LogP contribution in [0, 0.1) is 13.8 Å². The average molecular weight is 408 g/mol. The number of hydrogen-bond donors (Lipinski definition) is 1. The summed E-state index contributed by atoms with van der Waals surface area (Å²) < 4.78 is 10.6. The number of nitrogens with one attached hydrogen (secondary N) is 1. The molecule has 1 saturated heterocycles. The third-order valence-corrected chi connectivity index (χ3v) is 5.62. The summed E-state index contributed by atoms with van der Waals surface area (Å²) in [5.74, 6) is 1.17. The van der Waals surface area contributed by atoms with Gasteiger partial charge < -0.3 is 24.3 Å². The minimum atomic E-state index is -0.122. The van der Waals surface area contributed by atoms with Crippen molar-refractivity contribution in [1.29, 1.82) is 0 Å². The second-order valence-electron chi connectivity index (χ2n) is 7.95. The van der Waals surface area contributed by atoms with Crippen LogP contribution in [0.25, 0.3) is 0 Å². The Kier molecular flexibility index (Phi) is 9.67. The minimum absolute atomic E-state index is 0.0213. The van der Waals surface area contributed by atoms with Gasteiger partial charge in [0.25, 0.3) is 5.91 Å². The van der Waals surface area contributed by atoms with E-state index in [0.29, 0.717) is 49.4 Å². The lowest BCUT2D eigenvalue weighted by Gasteiger charge is -2.33. The van der Waals surface area contributed by atoms with E-state index in [0.717, 1.165) is 13.0 Å². The summed E-state index contributed by atoms with van der Waals surface area (Å²) in [7, 11) is 1.60. The first-order valence-corrected chi connectivity index (χ1v) is 10.8. The zero-order chi connectivity index (χ0) is 21.2. The molecule has 1 fully saturated rings. The van der Waals surface area contributed by atoms with E-state index in [9.17, 15) is 9.59 Å². The largest absolute Gasteiger partial charge is 0.466 e. The highest BCUT2D eigenvalue weighted by Crippen LogP contribution is 2.17. The number of rotatable bonds is 11. The molecule has 0 radical (unpaired) electrons. The van der Waals surface area contributed by atoms with E-state index in [4.69, 9.17) is 9.15 Å². The van der Waals surface area contributed by atoms with Crippen molar-refractivity contribution in [2.75, 3.05) is 46.4 Å². The first-order chi connectivity index (χ1) is 13.9. The van der Waals surface area contributed by atoms with Crippen LogP contribution in [-0.2, 0) is 9.53 Å². The molecule has 29 heavy (non-hydrogen) atoms. The summed E-state index contributed by atoms with van der Waals surface area (Å²) >= 11 is 0. The average Bonchev–Trinajstić information content (AvgIpc) is 3.04. The molecule has 0 spiro atoms. The number of methoxy groups -OCH3 is 1. The van der Waals surface area contributed by atoms with Gasteiger partial charge in [-0.1, -0.05) is 6.42 Å². The third kappa shape index (κ3) is 7.48. The molecule has 2 rings (SSSR count). The Balaban J connectivity index is 1.75. The number of amides is 2. The van der Waals surface area contributed by atoms with Crippen LogP contribution in [0.2, 0.25) is 0 Å². The topological polar surface area (TPSA) is 75.0 Å². The van der Waals surface area contributed by atoms with Gasteiger partial charge in [0.15, 0.2) is 0 Å². The number of piperidine rings is 1. The summed E-state index contributed by atoms with van der Waals surface area (Å²) in [6.45, 7) is 9.99. The van der Waals surface area contributed by atoms with E-state index >= 15 is 0 Å². The number of furan rings is 1. The Bertz CT molecular complexity index is 658. The van der Waals surface area contributed by atoms with Gasteiger partial charge in [0.05, 0.1) is 12.2 Å². The maximum Gasteiger partial charge on any atom is 0.257 e. The smallest absolute Gasteiger partial charge is 0.257 e. The highest BCUT2D eigenvalue weighted by Gasteiger charge is 2.21. The summed E-state index contributed by atoms with van der Waals surface area (Å²) in [6.07, 6.45) is 5.11. The Hall–Kier alpha value is -1.86. The van der Waals surface area contributed by atoms with Gasteiger partial charge in [0, 0.05) is 45.8 Å². The zero-order valence-electron chi connectivity index (χ0n) is 18.5. The quantitative estimate of drug-likeness (QED) is 0.571. The van der Waals surface area contributed by atoms with Crippen LogP contribution in [0.5, 0.6) is 0 Å². The van der Waals surface area contributed by atoms with E-state index in [1.54, 1.807) is 25.0 Å². The molecule has 0 aliphatic carbocycles. The number of ether oxygens (including phenoxy) is 1. The molecule has 0 bridgehead atoms. The molecule has 7 heteroatoms. The molecule has 2 amide bonds. The van der Waals surface area contributed by atoms with Crippen LogP contribution < -0.4 is 5.32 Å². The van der Waals surface area contributed by atoms with Gasteiger partial charge in [0.1, 0.15) is 11.5 Å². The van der Waals surface area contributed by atoms with E-state index in [-0.39, 0.29) is 18.2 Å². The van der Waals surface area contributed by atoms with Crippen molar-refractivity contribution in [2.45, 2.75) is 58.9 Å². The van der Waals surface area contributed by atoms with Crippen molar-refractivity contribution in [2.24, 2.45) is 0 Å². The van der Waals surface area contributed by atoms with E-state index in [1.807, 2.05) is 6.92 Å². The first-order valence-electron chi connectivity index (χ1n) is 10.8. The van der Waals surface area contributed by atoms with Crippen molar-refractivity contribution in [3.05, 3.63) is 23.2 Å². The molecule has 164 valence electrons. The molecule has 0 aromatic carbocycles. The lowest BCUT2D eigenvalue weighted by Crippen LogP contribution is -2.40. The van der Waals surface area contributed by atoms with Crippen LogP contribution in [0.1, 0.15) is 60.9 Å². The molecule has 1 aromatic heterocycles. The van der Waals surface area contributed by atoms with Crippen LogP contribution in [0.15, 0.2) is 10.5 Å². The van der Waals surface area contributed by atoms with Gasteiger partial charge in [-0.15, -0.1) is 0 Å². The van der Waals surface area contributed by atoms with Crippen molar-refractivity contribution < 1.29 is 18.7 Å². The summed E-state index contributed by atoms with van der Waals surface area (Å²) in [5.41, 5.74) is 0.551. The first kappa shape index (κ1) is 23.4. The van der Waals surface area contributed by atoms with Gasteiger partial charge in [0.2, 0.25) is 5.91 Å². The predicted molar refractivity (Wildman–Crippen MR) is 113 cm³/mol. The fourth-order valence-corrected chi connectivity index (χ4v) is 3.85. The molecule has 2 heterocycles. The number of carbonyl (C=O) groups is 2. The Morgan fingerprint density at radius 2 is 2.10 bits per heavy atom. The van der Waals surface area contributed by atoms with Crippen molar-refractivity contribution >= 4 is 11.8 Å². The number of aryl methyl sites for hydroxylation is 2. The number of nitrogens with zero attached hydrogens (tertiary/aromatic N) is 2. The van der Waals surface area contributed by atoms with Crippen LogP contribution in [0.3, 0.4) is 0 Å². The van der Waals surface area contributed by atoms with Gasteiger partial charge in [-0.3, -0.25) is 9.59 Å². The maximum atomic E-state index is 12.8. The predicted octanol–water partition coefficient (Wildman–Crippen LogP) is 2.76. The summed E-state index contributed by atoms with van der Waals surface area (Å²) in [4.78, 5) is 29.3. The molecule has 1 atom stereocenters. The lowest BCUT2D eigenvalue weighted by atomic mass is 10.0. The zero-order valence-corrected chi connectivity index (χ0v) is 18.5. The van der Waals surface area contributed by atoms with E-state index in [1.165, 1.54) is 25.8 Å². The molecule has 1 N–H and O–H groups in total. The lowest BCUT2D eigenvalue weighted by molar-refractivity contribution is -0.121. The molecule has 1 aliphatic heterocycles. The third-order valence-electron chi connectivity index (χ3n) is 5.62. The van der Waals surface area contributed by atoms with Crippen LogP contribution >= 0.6 is 0 Å². The second kappa shape index (κ2) is 12.0. The monoisotopic (exact) mass is 407 g/mol. The van der Waals surface area contributed by atoms with Gasteiger partial charge in [-0.25, -0.2) is 0 Å². The molecule has 1 unspecified atom stereocenters. The highest BCUT2D eigenvalue weighted by atomic mass is 16.5.